The summed E-state index contributed by atoms with van der Waals surface area (Å²) >= 11 is 0. The third-order valence-electron chi connectivity index (χ3n) is 8.50. The number of hydrogen-bond donors (Lipinski definition) is 0. The maximum Gasteiger partial charge on any atom is 0.419 e. The van der Waals surface area contributed by atoms with Crippen LogP contribution in [-0.2, 0) is 20.7 Å². The van der Waals surface area contributed by atoms with Crippen LogP contribution in [0.3, 0.4) is 0 Å². The number of hydrogen-bond acceptors (Lipinski definition) is 4. The molecule has 0 aliphatic rings. The molecule has 0 aliphatic heterocycles. The lowest BCUT2D eigenvalue weighted by molar-refractivity contribution is -0.151. The van der Waals surface area contributed by atoms with E-state index in [1.807, 2.05) is 123 Å². The highest BCUT2D eigenvalue weighted by Gasteiger charge is 2.30. The summed E-state index contributed by atoms with van der Waals surface area (Å²) in [5, 5.41) is 5.08. The summed E-state index contributed by atoms with van der Waals surface area (Å²) in [6.07, 6.45) is 4.72. The molecule has 6 nitrogen and oxygen atoms in total. The first-order chi connectivity index (χ1) is 22.8. The highest BCUT2D eigenvalue weighted by molar-refractivity contribution is 5.93. The topological polar surface area (TPSA) is 62.5 Å². The average Bonchev–Trinajstić information content (AvgIpc) is 3.74. The molecule has 0 unspecified atom stereocenters. The molecule has 234 valence electrons. The standard InChI is InChI=1S/C41H36N2O4/c1-41(2,3)47-40(45)43-27-30(33-20-8-9-23-36(33)43)26-37(42-24-10-11-25-42)39(44)46-38(34-21-12-16-28-14-4-6-18-31(28)34)35-22-13-17-29-15-5-7-19-32(29)35/h4-25,27,37-38H,26H2,1-3H3/t37-/m0/s1. The maximum absolute atomic E-state index is 14.6. The van der Waals surface area contributed by atoms with Crippen LogP contribution in [0.1, 0.15) is 49.6 Å². The maximum atomic E-state index is 14.6. The van der Waals surface area contributed by atoms with E-state index in [1.54, 1.807) is 6.20 Å². The Kier molecular flexibility index (Phi) is 7.86. The minimum atomic E-state index is -0.699. The molecule has 0 spiro atoms. The van der Waals surface area contributed by atoms with Crippen LogP contribution in [-0.4, -0.2) is 26.8 Å². The molecule has 0 radical (unpaired) electrons. The summed E-state index contributed by atoms with van der Waals surface area (Å²) in [5.74, 6) is -0.374. The van der Waals surface area contributed by atoms with Crippen molar-refractivity contribution in [1.82, 2.24) is 9.13 Å². The number of carbonyl (C=O) groups excluding carboxylic acids is 2. The zero-order chi connectivity index (χ0) is 32.5. The van der Waals surface area contributed by atoms with Gasteiger partial charge in [0.05, 0.1) is 5.52 Å². The first-order valence-corrected chi connectivity index (χ1v) is 15.9. The van der Waals surface area contributed by atoms with Crippen molar-refractivity contribution >= 4 is 44.5 Å². The van der Waals surface area contributed by atoms with Crippen molar-refractivity contribution in [2.24, 2.45) is 0 Å². The molecule has 47 heavy (non-hydrogen) atoms. The zero-order valence-electron chi connectivity index (χ0n) is 26.7. The Hall–Kier alpha value is -5.62. The lowest BCUT2D eigenvalue weighted by Crippen LogP contribution is -2.27. The van der Waals surface area contributed by atoms with E-state index in [2.05, 4.69) is 36.4 Å². The molecule has 7 aromatic rings. The second-order valence-corrected chi connectivity index (χ2v) is 12.8. The van der Waals surface area contributed by atoms with Gasteiger partial charge in [0.15, 0.2) is 6.10 Å². The number of para-hydroxylation sites is 1. The molecule has 0 saturated heterocycles. The Labute approximate surface area is 273 Å². The molecule has 0 amide bonds. The number of benzene rings is 5. The van der Waals surface area contributed by atoms with Crippen molar-refractivity contribution in [2.45, 2.75) is 44.9 Å². The number of fused-ring (bicyclic) bond motifs is 3. The van der Waals surface area contributed by atoms with Gasteiger partial charge in [-0.25, -0.2) is 9.59 Å². The van der Waals surface area contributed by atoms with E-state index < -0.39 is 23.8 Å². The van der Waals surface area contributed by atoms with Gasteiger partial charge >= 0.3 is 12.1 Å². The smallest absolute Gasteiger partial charge is 0.419 e. The summed E-state index contributed by atoms with van der Waals surface area (Å²) in [6, 6.07) is 39.4. The fraction of sp³-hybridized carbons (Fsp3) is 0.171. The minimum absolute atomic E-state index is 0.307. The Morgan fingerprint density at radius 3 is 1.79 bits per heavy atom. The van der Waals surface area contributed by atoms with Gasteiger partial charge in [-0.3, -0.25) is 4.57 Å². The molecule has 1 atom stereocenters. The van der Waals surface area contributed by atoms with Crippen molar-refractivity contribution < 1.29 is 19.1 Å². The number of aromatic nitrogens is 2. The van der Waals surface area contributed by atoms with Crippen LogP contribution in [0.15, 0.2) is 140 Å². The largest absolute Gasteiger partial charge is 0.451 e. The minimum Gasteiger partial charge on any atom is -0.451 e. The Morgan fingerprint density at radius 2 is 1.19 bits per heavy atom. The summed E-state index contributed by atoms with van der Waals surface area (Å²) in [7, 11) is 0. The number of rotatable bonds is 7. The first-order valence-electron chi connectivity index (χ1n) is 15.9. The van der Waals surface area contributed by atoms with Crippen molar-refractivity contribution in [3.8, 4) is 0 Å². The normalized spacial score (nSPS) is 12.5. The zero-order valence-corrected chi connectivity index (χ0v) is 26.7. The van der Waals surface area contributed by atoms with Gasteiger partial charge in [-0.2, -0.15) is 0 Å². The van der Waals surface area contributed by atoms with Crippen LogP contribution >= 0.6 is 0 Å². The van der Waals surface area contributed by atoms with Crippen LogP contribution in [0, 0.1) is 0 Å². The number of ether oxygens (including phenoxy) is 2. The van der Waals surface area contributed by atoms with Gasteiger partial charge in [0.25, 0.3) is 0 Å². The highest BCUT2D eigenvalue weighted by Crippen LogP contribution is 2.37. The molecule has 7 rings (SSSR count). The third kappa shape index (κ3) is 6.02. The van der Waals surface area contributed by atoms with E-state index in [0.717, 1.165) is 49.1 Å². The molecule has 2 heterocycles. The average molecular weight is 621 g/mol. The van der Waals surface area contributed by atoms with Crippen molar-refractivity contribution in [3.05, 3.63) is 157 Å². The lowest BCUT2D eigenvalue weighted by atomic mass is 9.92. The van der Waals surface area contributed by atoms with E-state index >= 15 is 0 Å². The predicted octanol–water partition coefficient (Wildman–Crippen LogP) is 9.65. The van der Waals surface area contributed by atoms with Crippen LogP contribution < -0.4 is 0 Å². The fourth-order valence-corrected chi connectivity index (χ4v) is 6.40. The van der Waals surface area contributed by atoms with Crippen LogP contribution in [0.25, 0.3) is 32.4 Å². The van der Waals surface area contributed by atoms with E-state index in [0.29, 0.717) is 6.42 Å². The van der Waals surface area contributed by atoms with E-state index in [1.165, 1.54) is 4.57 Å². The van der Waals surface area contributed by atoms with Crippen molar-refractivity contribution in [3.63, 3.8) is 0 Å². The van der Waals surface area contributed by atoms with Gasteiger partial charge in [-0.15, -0.1) is 0 Å². The molecular weight excluding hydrogens is 584 g/mol. The summed E-state index contributed by atoms with van der Waals surface area (Å²) in [6.45, 7) is 5.54. The lowest BCUT2D eigenvalue weighted by Gasteiger charge is -2.25. The second-order valence-electron chi connectivity index (χ2n) is 12.8. The van der Waals surface area contributed by atoms with Crippen molar-refractivity contribution in [1.29, 1.82) is 0 Å². The van der Waals surface area contributed by atoms with Crippen molar-refractivity contribution in [2.75, 3.05) is 0 Å². The Morgan fingerprint density at radius 1 is 0.660 bits per heavy atom. The van der Waals surface area contributed by atoms with Gasteiger partial charge < -0.3 is 14.0 Å². The van der Waals surface area contributed by atoms with Gasteiger partial charge in [-0.1, -0.05) is 103 Å². The summed E-state index contributed by atoms with van der Waals surface area (Å²) in [4.78, 5) is 27.9. The molecule has 0 aliphatic carbocycles. The van der Waals surface area contributed by atoms with Gasteiger partial charge in [0, 0.05) is 41.5 Å². The number of nitrogens with zero attached hydrogens (tertiary/aromatic N) is 2. The Balaban J connectivity index is 1.32. The monoisotopic (exact) mass is 620 g/mol. The van der Waals surface area contributed by atoms with Gasteiger partial charge in [0.1, 0.15) is 11.6 Å². The predicted molar refractivity (Wildman–Crippen MR) is 187 cm³/mol. The summed E-state index contributed by atoms with van der Waals surface area (Å²) < 4.78 is 15.8. The first kappa shape index (κ1) is 30.1. The fourth-order valence-electron chi connectivity index (χ4n) is 6.40. The molecule has 6 heteroatoms. The van der Waals surface area contributed by atoms with Crippen LogP contribution in [0.4, 0.5) is 4.79 Å². The van der Waals surface area contributed by atoms with Gasteiger partial charge in [0.2, 0.25) is 0 Å². The van der Waals surface area contributed by atoms with Crippen LogP contribution in [0.5, 0.6) is 0 Å². The van der Waals surface area contributed by atoms with E-state index in [-0.39, 0.29) is 5.97 Å². The quantitative estimate of drug-likeness (QED) is 0.167. The summed E-state index contributed by atoms with van der Waals surface area (Å²) in [5.41, 5.74) is 2.74. The SMILES string of the molecule is CC(C)(C)OC(=O)n1cc(C[C@@H](C(=O)OC(c2cccc3ccccc23)c2cccc3ccccc23)n2cccc2)c2ccccc21. The molecule has 2 aromatic heterocycles. The molecule has 0 N–H and O–H groups in total. The molecule has 5 aromatic carbocycles. The molecule has 0 bridgehead atoms. The van der Waals surface area contributed by atoms with Gasteiger partial charge in [-0.05, 0) is 66.1 Å². The third-order valence-corrected chi connectivity index (χ3v) is 8.50. The number of esters is 1. The van der Waals surface area contributed by atoms with E-state index in [9.17, 15) is 9.59 Å². The van der Waals surface area contributed by atoms with Crippen LogP contribution in [0.2, 0.25) is 0 Å². The highest BCUT2D eigenvalue weighted by atomic mass is 16.6. The molecule has 0 saturated carbocycles. The number of carbonyl (C=O) groups is 2. The molecular formula is C41H36N2O4. The second kappa shape index (κ2) is 12.3. The molecule has 0 fully saturated rings. The van der Waals surface area contributed by atoms with E-state index in [4.69, 9.17) is 9.47 Å². The Bertz CT molecular complexity index is 2130.